The molecule has 0 saturated heterocycles. The third kappa shape index (κ3) is 5.51. The molecular weight excluding hydrogens is 346 g/mol. The molecule has 0 aliphatic heterocycles. The van der Waals surface area contributed by atoms with Gasteiger partial charge >= 0.3 is 0 Å². The minimum absolute atomic E-state index is 0.00430. The zero-order valence-corrected chi connectivity index (χ0v) is 16.1. The van der Waals surface area contributed by atoms with Gasteiger partial charge in [0.15, 0.2) is 8.68 Å². The van der Waals surface area contributed by atoms with Crippen LogP contribution in [0.25, 0.3) is 0 Å². The van der Waals surface area contributed by atoms with Gasteiger partial charge in [-0.05, 0) is 24.0 Å². The summed E-state index contributed by atoms with van der Waals surface area (Å²) in [6.07, 6.45) is 0. The van der Waals surface area contributed by atoms with E-state index >= 15 is 0 Å². The molecule has 0 spiro atoms. The molecule has 1 aromatic carbocycles. The Morgan fingerprint density at radius 1 is 1.17 bits per heavy atom. The lowest BCUT2D eigenvalue weighted by Gasteiger charge is -2.06. The molecule has 0 radical (unpaired) electrons. The number of thioether (sulfide) groups is 2. The van der Waals surface area contributed by atoms with Crippen LogP contribution in [0.1, 0.15) is 37.8 Å². The van der Waals surface area contributed by atoms with E-state index in [1.165, 1.54) is 22.9 Å². The minimum atomic E-state index is -0.158. The Labute approximate surface area is 149 Å². The van der Waals surface area contributed by atoms with E-state index in [0.717, 1.165) is 14.4 Å². The van der Waals surface area contributed by atoms with Crippen LogP contribution in [0.5, 0.6) is 0 Å². The predicted octanol–water partition coefficient (Wildman–Crippen LogP) is 4.18. The van der Waals surface area contributed by atoms with Crippen LogP contribution in [-0.4, -0.2) is 28.4 Å². The first-order valence-electron chi connectivity index (χ1n) is 7.43. The quantitative estimate of drug-likeness (QED) is 0.744. The number of benzene rings is 1. The maximum atomic E-state index is 11.5. The Morgan fingerprint density at radius 2 is 1.83 bits per heavy atom. The van der Waals surface area contributed by atoms with Crippen molar-refractivity contribution in [2.75, 3.05) is 7.05 Å². The van der Waals surface area contributed by atoms with Gasteiger partial charge in [0.1, 0.15) is 0 Å². The molecule has 0 aliphatic carbocycles. The fraction of sp³-hybridized carbons (Fsp3) is 0.438. The van der Waals surface area contributed by atoms with E-state index in [0.29, 0.717) is 5.92 Å². The molecule has 1 N–H and O–H groups in total. The average molecular weight is 368 g/mol. The monoisotopic (exact) mass is 367 g/mol. The van der Waals surface area contributed by atoms with Crippen molar-refractivity contribution in [3.8, 4) is 0 Å². The van der Waals surface area contributed by atoms with Crippen molar-refractivity contribution in [2.45, 2.75) is 46.4 Å². The number of nitrogens with one attached hydrogen (secondary N) is 1. The van der Waals surface area contributed by atoms with E-state index < -0.39 is 0 Å². The van der Waals surface area contributed by atoms with Crippen molar-refractivity contribution >= 4 is 40.8 Å². The van der Waals surface area contributed by atoms with Crippen molar-refractivity contribution in [3.63, 3.8) is 0 Å². The normalized spacial score (nSPS) is 12.4. The van der Waals surface area contributed by atoms with E-state index in [1.807, 2.05) is 6.92 Å². The molecule has 2 aromatic rings. The molecule has 1 atom stereocenters. The number of amides is 1. The van der Waals surface area contributed by atoms with Crippen LogP contribution in [0.15, 0.2) is 32.9 Å². The topological polar surface area (TPSA) is 54.9 Å². The van der Waals surface area contributed by atoms with Crippen LogP contribution in [0, 0.1) is 0 Å². The molecular formula is C16H21N3OS3. The van der Waals surface area contributed by atoms with Crippen molar-refractivity contribution in [2.24, 2.45) is 0 Å². The number of nitrogens with zero attached hydrogens (tertiary/aromatic N) is 2. The maximum Gasteiger partial charge on any atom is 0.233 e. The molecule has 1 heterocycles. The van der Waals surface area contributed by atoms with E-state index in [4.69, 9.17) is 0 Å². The highest BCUT2D eigenvalue weighted by atomic mass is 32.2. The van der Waals surface area contributed by atoms with Gasteiger partial charge in [-0.1, -0.05) is 73.0 Å². The molecule has 0 bridgehead atoms. The lowest BCUT2D eigenvalue weighted by Crippen LogP contribution is -2.27. The van der Waals surface area contributed by atoms with Gasteiger partial charge in [-0.3, -0.25) is 4.79 Å². The van der Waals surface area contributed by atoms with Gasteiger partial charge < -0.3 is 5.32 Å². The Morgan fingerprint density at radius 3 is 2.43 bits per heavy atom. The van der Waals surface area contributed by atoms with E-state index in [9.17, 15) is 4.79 Å². The zero-order valence-electron chi connectivity index (χ0n) is 13.7. The van der Waals surface area contributed by atoms with Crippen LogP contribution in [0.4, 0.5) is 0 Å². The van der Waals surface area contributed by atoms with Gasteiger partial charge in [0.2, 0.25) is 5.91 Å². The smallest absolute Gasteiger partial charge is 0.233 e. The van der Waals surface area contributed by atoms with E-state index in [2.05, 4.69) is 53.6 Å². The maximum absolute atomic E-state index is 11.5. The summed E-state index contributed by atoms with van der Waals surface area (Å²) in [5, 5.41) is 10.8. The molecule has 2 rings (SSSR count). The fourth-order valence-corrected chi connectivity index (χ4v) is 5.03. The highest BCUT2D eigenvalue weighted by Gasteiger charge is 2.15. The molecule has 124 valence electrons. The van der Waals surface area contributed by atoms with Crippen LogP contribution in [0.2, 0.25) is 0 Å². The fourth-order valence-electron chi connectivity index (χ4n) is 1.85. The van der Waals surface area contributed by atoms with Gasteiger partial charge in [-0.25, -0.2) is 0 Å². The highest BCUT2D eigenvalue weighted by Crippen LogP contribution is 2.32. The second-order valence-corrected chi connectivity index (χ2v) is 9.18. The number of aromatic nitrogens is 2. The summed E-state index contributed by atoms with van der Waals surface area (Å²) >= 11 is 4.66. The summed E-state index contributed by atoms with van der Waals surface area (Å²) in [6, 6.07) is 8.72. The second-order valence-electron chi connectivity index (χ2n) is 5.39. The van der Waals surface area contributed by atoms with Gasteiger partial charge in [0.25, 0.3) is 0 Å². The van der Waals surface area contributed by atoms with Crippen LogP contribution >= 0.6 is 34.9 Å². The van der Waals surface area contributed by atoms with Gasteiger partial charge in [-0.2, -0.15) is 0 Å². The van der Waals surface area contributed by atoms with E-state index in [-0.39, 0.29) is 11.2 Å². The van der Waals surface area contributed by atoms with Crippen LogP contribution < -0.4 is 5.32 Å². The molecule has 1 amide bonds. The number of hydrogen-bond donors (Lipinski definition) is 1. The molecule has 0 fully saturated rings. The number of rotatable bonds is 7. The molecule has 4 nitrogen and oxygen atoms in total. The van der Waals surface area contributed by atoms with Crippen LogP contribution in [-0.2, 0) is 10.5 Å². The van der Waals surface area contributed by atoms with Crippen LogP contribution in [0.3, 0.4) is 0 Å². The molecule has 23 heavy (non-hydrogen) atoms. The predicted molar refractivity (Wildman–Crippen MR) is 99.4 cm³/mol. The Bertz CT molecular complexity index is 640. The average Bonchev–Trinajstić information content (AvgIpc) is 2.99. The first kappa shape index (κ1) is 18.3. The summed E-state index contributed by atoms with van der Waals surface area (Å²) in [5.41, 5.74) is 2.64. The highest BCUT2D eigenvalue weighted by molar-refractivity contribution is 8.03. The largest absolute Gasteiger partial charge is 0.358 e. The molecule has 0 aliphatic rings. The Kier molecular flexibility index (Phi) is 6.92. The van der Waals surface area contributed by atoms with Gasteiger partial charge in [-0.15, -0.1) is 10.2 Å². The van der Waals surface area contributed by atoms with Crippen molar-refractivity contribution in [1.29, 1.82) is 0 Å². The van der Waals surface area contributed by atoms with E-state index in [1.54, 1.807) is 30.1 Å². The van der Waals surface area contributed by atoms with Crippen molar-refractivity contribution < 1.29 is 4.79 Å². The first-order chi connectivity index (χ1) is 11.0. The lowest BCUT2D eigenvalue weighted by molar-refractivity contribution is -0.119. The summed E-state index contributed by atoms with van der Waals surface area (Å²) in [7, 11) is 1.64. The summed E-state index contributed by atoms with van der Waals surface area (Å²) in [5.74, 6) is 1.44. The SMILES string of the molecule is CNC(=O)C(C)Sc1nnc(SCc2ccc(C(C)C)cc2)s1. The summed E-state index contributed by atoms with van der Waals surface area (Å²) in [4.78, 5) is 11.5. The van der Waals surface area contributed by atoms with Crippen molar-refractivity contribution in [1.82, 2.24) is 15.5 Å². The number of carbonyl (C=O) groups is 1. The molecule has 0 saturated carbocycles. The minimum Gasteiger partial charge on any atom is -0.358 e. The van der Waals surface area contributed by atoms with Gasteiger partial charge in [0, 0.05) is 12.8 Å². The standard InChI is InChI=1S/C16H21N3OS3/c1-10(2)13-7-5-12(6-8-13)9-21-15-18-19-16(23-15)22-11(3)14(20)17-4/h5-8,10-11H,9H2,1-4H3,(H,17,20). The molecule has 1 unspecified atom stereocenters. The Balaban J connectivity index is 1.88. The summed E-state index contributed by atoms with van der Waals surface area (Å²) in [6.45, 7) is 6.27. The third-order valence-corrected chi connectivity index (χ3v) is 6.60. The van der Waals surface area contributed by atoms with Gasteiger partial charge in [0.05, 0.1) is 5.25 Å². The second kappa shape index (κ2) is 8.70. The van der Waals surface area contributed by atoms with Crippen molar-refractivity contribution in [3.05, 3.63) is 35.4 Å². The number of hydrogen-bond acceptors (Lipinski definition) is 6. The molecule has 7 heteroatoms. The molecule has 1 aromatic heterocycles. The third-order valence-electron chi connectivity index (χ3n) is 3.29. The number of carbonyl (C=O) groups excluding carboxylic acids is 1. The lowest BCUT2D eigenvalue weighted by atomic mass is 10.0. The summed E-state index contributed by atoms with van der Waals surface area (Å²) < 4.78 is 1.77. The Hall–Kier alpha value is -1.05. The zero-order chi connectivity index (χ0) is 16.8. The first-order valence-corrected chi connectivity index (χ1v) is 10.1.